The second kappa shape index (κ2) is 8.35. The third-order valence-corrected chi connectivity index (χ3v) is 2.92. The molecule has 0 bridgehead atoms. The van der Waals surface area contributed by atoms with Gasteiger partial charge >= 0.3 is 0 Å². The Balaban J connectivity index is 2.24. The molecule has 0 unspecified atom stereocenters. The number of halogens is 1. The van der Waals surface area contributed by atoms with Crippen LogP contribution < -0.4 is 4.74 Å². The largest absolute Gasteiger partial charge is 0.491 e. The lowest BCUT2D eigenvalue weighted by Gasteiger charge is -2.20. The monoisotopic (exact) mass is 271 g/mol. The van der Waals surface area contributed by atoms with Crippen LogP contribution in [0, 0.1) is 0 Å². The van der Waals surface area contributed by atoms with Gasteiger partial charge in [-0.25, -0.2) is 0 Å². The highest BCUT2D eigenvalue weighted by atomic mass is 35.5. The summed E-state index contributed by atoms with van der Waals surface area (Å²) < 4.78 is 5.49. The number of hydrogen-bond donors (Lipinski definition) is 1. The molecule has 4 heteroatoms. The number of rotatable bonds is 8. The van der Waals surface area contributed by atoms with Crippen LogP contribution in [-0.4, -0.2) is 42.9 Å². The Hall–Kier alpha value is -0.770. The van der Waals surface area contributed by atoms with Gasteiger partial charge in [-0.1, -0.05) is 24.9 Å². The number of unbranched alkanes of at least 4 members (excludes halogenated alkanes) is 1. The molecule has 1 rings (SSSR count). The summed E-state index contributed by atoms with van der Waals surface area (Å²) >= 11 is 5.78. The van der Waals surface area contributed by atoms with Gasteiger partial charge in [-0.2, -0.15) is 0 Å². The van der Waals surface area contributed by atoms with Crippen molar-refractivity contribution in [1.82, 2.24) is 4.90 Å². The van der Waals surface area contributed by atoms with Crippen LogP contribution in [0.2, 0.25) is 5.02 Å². The quantitative estimate of drug-likeness (QED) is 0.789. The van der Waals surface area contributed by atoms with Gasteiger partial charge in [0.1, 0.15) is 18.5 Å². The van der Waals surface area contributed by atoms with Gasteiger partial charge in [0.25, 0.3) is 0 Å². The summed E-state index contributed by atoms with van der Waals surface area (Å²) in [6.45, 7) is 4.11. The van der Waals surface area contributed by atoms with Crippen molar-refractivity contribution in [3.8, 4) is 5.75 Å². The van der Waals surface area contributed by atoms with Crippen molar-refractivity contribution < 1.29 is 9.84 Å². The van der Waals surface area contributed by atoms with Crippen LogP contribution in [0.15, 0.2) is 24.3 Å². The average molecular weight is 272 g/mol. The van der Waals surface area contributed by atoms with E-state index in [0.29, 0.717) is 18.2 Å². The van der Waals surface area contributed by atoms with Crippen molar-refractivity contribution in [2.45, 2.75) is 25.9 Å². The van der Waals surface area contributed by atoms with Crippen molar-refractivity contribution in [3.63, 3.8) is 0 Å². The molecule has 3 nitrogen and oxygen atoms in total. The number of nitrogens with zero attached hydrogens (tertiary/aromatic N) is 1. The molecular formula is C14H22ClNO2. The first-order chi connectivity index (χ1) is 8.61. The Bertz CT molecular complexity index is 329. The number of aliphatic hydroxyl groups is 1. The maximum Gasteiger partial charge on any atom is 0.119 e. The van der Waals surface area contributed by atoms with Gasteiger partial charge in [0, 0.05) is 11.6 Å². The van der Waals surface area contributed by atoms with Crippen molar-refractivity contribution in [3.05, 3.63) is 29.3 Å². The van der Waals surface area contributed by atoms with E-state index >= 15 is 0 Å². The number of benzene rings is 1. The number of ether oxygens (including phenoxy) is 1. The average Bonchev–Trinajstić information content (AvgIpc) is 2.35. The van der Waals surface area contributed by atoms with Gasteiger partial charge in [0.2, 0.25) is 0 Å². The third kappa shape index (κ3) is 6.24. The molecule has 102 valence electrons. The summed E-state index contributed by atoms with van der Waals surface area (Å²) in [5.41, 5.74) is 0. The molecule has 0 aliphatic rings. The standard InChI is InChI=1S/C14H22ClNO2/c1-3-4-9-16(2)10-13(17)11-18-14-7-5-12(15)6-8-14/h5-8,13,17H,3-4,9-11H2,1-2H3/t13-/m1/s1. The lowest BCUT2D eigenvalue weighted by molar-refractivity contribution is 0.0760. The van der Waals surface area contributed by atoms with Crippen LogP contribution in [0.4, 0.5) is 0 Å². The maximum absolute atomic E-state index is 9.84. The molecule has 1 aromatic rings. The fraction of sp³-hybridized carbons (Fsp3) is 0.571. The highest BCUT2D eigenvalue weighted by Crippen LogP contribution is 2.15. The minimum atomic E-state index is -0.470. The molecular weight excluding hydrogens is 250 g/mol. The minimum Gasteiger partial charge on any atom is -0.491 e. The van der Waals surface area contributed by atoms with Crippen LogP contribution in [0.5, 0.6) is 5.75 Å². The molecule has 0 spiro atoms. The van der Waals surface area contributed by atoms with Crippen molar-refractivity contribution in [2.75, 3.05) is 26.7 Å². The summed E-state index contributed by atoms with van der Waals surface area (Å²) in [7, 11) is 2.02. The Kier molecular flexibility index (Phi) is 7.09. The summed E-state index contributed by atoms with van der Waals surface area (Å²) in [6.07, 6.45) is 1.85. The first-order valence-electron chi connectivity index (χ1n) is 6.36. The van der Waals surface area contributed by atoms with E-state index in [1.807, 2.05) is 7.05 Å². The van der Waals surface area contributed by atoms with Crippen LogP contribution >= 0.6 is 11.6 Å². The summed E-state index contributed by atoms with van der Waals surface area (Å²) in [4.78, 5) is 2.12. The predicted octanol–water partition coefficient (Wildman–Crippen LogP) is 2.81. The van der Waals surface area contributed by atoms with Crippen LogP contribution in [0.25, 0.3) is 0 Å². The molecule has 0 saturated carbocycles. The van der Waals surface area contributed by atoms with Crippen LogP contribution in [0.1, 0.15) is 19.8 Å². The van der Waals surface area contributed by atoms with E-state index in [-0.39, 0.29) is 0 Å². The van der Waals surface area contributed by atoms with E-state index in [0.717, 1.165) is 18.7 Å². The topological polar surface area (TPSA) is 32.7 Å². The van der Waals surface area contributed by atoms with E-state index in [2.05, 4.69) is 11.8 Å². The summed E-state index contributed by atoms with van der Waals surface area (Å²) in [6, 6.07) is 7.15. The maximum atomic E-state index is 9.84. The SMILES string of the molecule is CCCCN(C)C[C@@H](O)COc1ccc(Cl)cc1. The second-order valence-corrected chi connectivity index (χ2v) is 4.97. The van der Waals surface area contributed by atoms with E-state index in [4.69, 9.17) is 16.3 Å². The van der Waals surface area contributed by atoms with Crippen LogP contribution in [0.3, 0.4) is 0 Å². The van der Waals surface area contributed by atoms with E-state index in [1.54, 1.807) is 24.3 Å². The smallest absolute Gasteiger partial charge is 0.119 e. The van der Waals surface area contributed by atoms with Gasteiger partial charge in [0.05, 0.1) is 0 Å². The molecule has 0 amide bonds. The molecule has 0 aromatic heterocycles. The van der Waals surface area contributed by atoms with Crippen molar-refractivity contribution in [2.24, 2.45) is 0 Å². The van der Waals surface area contributed by atoms with Crippen LogP contribution in [-0.2, 0) is 0 Å². The van der Waals surface area contributed by atoms with Gasteiger partial charge in [-0.05, 0) is 44.3 Å². The lowest BCUT2D eigenvalue weighted by atomic mass is 10.3. The summed E-state index contributed by atoms with van der Waals surface area (Å²) in [5.74, 6) is 0.731. The van der Waals surface area contributed by atoms with E-state index in [9.17, 15) is 5.11 Å². The molecule has 0 aliphatic heterocycles. The summed E-state index contributed by atoms with van der Waals surface area (Å²) in [5, 5.41) is 10.5. The van der Waals surface area contributed by atoms with Gasteiger partial charge in [-0.15, -0.1) is 0 Å². The Morgan fingerprint density at radius 3 is 2.61 bits per heavy atom. The Morgan fingerprint density at radius 1 is 1.33 bits per heavy atom. The first-order valence-corrected chi connectivity index (χ1v) is 6.74. The molecule has 0 heterocycles. The zero-order valence-corrected chi connectivity index (χ0v) is 11.9. The fourth-order valence-corrected chi connectivity index (χ4v) is 1.78. The van der Waals surface area contributed by atoms with E-state index in [1.165, 1.54) is 6.42 Å². The molecule has 0 radical (unpaired) electrons. The highest BCUT2D eigenvalue weighted by molar-refractivity contribution is 6.30. The Morgan fingerprint density at radius 2 is 2.00 bits per heavy atom. The lowest BCUT2D eigenvalue weighted by Crippen LogP contribution is -2.33. The minimum absolute atomic E-state index is 0.304. The predicted molar refractivity (Wildman–Crippen MR) is 75.4 cm³/mol. The zero-order chi connectivity index (χ0) is 13.4. The molecule has 0 aliphatic carbocycles. The van der Waals surface area contributed by atoms with E-state index < -0.39 is 6.10 Å². The Labute approximate surface area is 114 Å². The first kappa shape index (κ1) is 15.3. The second-order valence-electron chi connectivity index (χ2n) is 4.53. The molecule has 1 aromatic carbocycles. The third-order valence-electron chi connectivity index (χ3n) is 2.67. The highest BCUT2D eigenvalue weighted by Gasteiger charge is 2.08. The zero-order valence-electron chi connectivity index (χ0n) is 11.1. The van der Waals surface area contributed by atoms with Gasteiger partial charge in [0.15, 0.2) is 0 Å². The number of aliphatic hydroxyl groups excluding tert-OH is 1. The fourth-order valence-electron chi connectivity index (χ4n) is 1.66. The molecule has 0 saturated heterocycles. The normalized spacial score (nSPS) is 12.7. The molecule has 0 fully saturated rings. The van der Waals surface area contributed by atoms with Gasteiger partial charge < -0.3 is 14.7 Å². The number of hydrogen-bond acceptors (Lipinski definition) is 3. The van der Waals surface area contributed by atoms with Crippen molar-refractivity contribution in [1.29, 1.82) is 0 Å². The molecule has 18 heavy (non-hydrogen) atoms. The van der Waals surface area contributed by atoms with Gasteiger partial charge in [-0.3, -0.25) is 0 Å². The molecule has 1 atom stereocenters. The number of likely N-dealkylation sites (N-methyl/N-ethyl adjacent to an activating group) is 1. The molecule has 1 N–H and O–H groups in total. The van der Waals surface area contributed by atoms with Crippen molar-refractivity contribution >= 4 is 11.6 Å².